The fourth-order valence-corrected chi connectivity index (χ4v) is 10.5. The highest BCUT2D eigenvalue weighted by molar-refractivity contribution is 5.88. The molecular formula is C46H54N2O8. The van der Waals surface area contributed by atoms with Crippen molar-refractivity contribution in [2.24, 2.45) is 10.8 Å². The van der Waals surface area contributed by atoms with Crippen LogP contribution in [0, 0.1) is 10.8 Å². The number of carboxylic acids is 2. The van der Waals surface area contributed by atoms with Gasteiger partial charge in [-0.25, -0.2) is 9.59 Å². The first-order valence-electron chi connectivity index (χ1n) is 20.0. The van der Waals surface area contributed by atoms with Gasteiger partial charge in [0.2, 0.25) is 0 Å². The van der Waals surface area contributed by atoms with Crippen LogP contribution < -0.4 is 20.3 Å². The molecule has 10 heteroatoms. The summed E-state index contributed by atoms with van der Waals surface area (Å²) in [5.41, 5.74) is 7.32. The maximum absolute atomic E-state index is 12.5. The molecule has 4 aromatic rings. The maximum atomic E-state index is 12.5. The topological polar surface area (TPSA) is 137 Å². The molecule has 2 aliphatic carbocycles. The number of aryl methyl sites for hydroxylation is 2. The molecule has 10 nitrogen and oxygen atoms in total. The van der Waals surface area contributed by atoms with E-state index in [4.69, 9.17) is 9.47 Å². The first-order chi connectivity index (χ1) is 26.6. The van der Waals surface area contributed by atoms with Crippen LogP contribution in [0.5, 0.6) is 11.5 Å². The molecule has 4 aliphatic rings. The van der Waals surface area contributed by atoms with Gasteiger partial charge in [-0.2, -0.15) is 0 Å². The van der Waals surface area contributed by atoms with Crippen molar-refractivity contribution in [3.05, 3.63) is 103 Å². The van der Waals surface area contributed by atoms with Gasteiger partial charge >= 0.3 is 11.9 Å². The molecule has 2 saturated carbocycles. The van der Waals surface area contributed by atoms with Gasteiger partial charge in [-0.1, -0.05) is 66.5 Å². The van der Waals surface area contributed by atoms with Gasteiger partial charge in [0.15, 0.2) is 10.9 Å². The molecule has 0 radical (unpaired) electrons. The lowest BCUT2D eigenvalue weighted by Gasteiger charge is -2.40. The average Bonchev–Trinajstić information content (AvgIpc) is 3.65. The van der Waals surface area contributed by atoms with Crippen LogP contribution in [0.1, 0.15) is 147 Å². The maximum Gasteiger partial charge on any atom is 0.341 e. The summed E-state index contributed by atoms with van der Waals surface area (Å²) in [6.07, 6.45) is 11.3. The number of carboxylic acid groups (broad SMARTS) is 2. The molecule has 0 amide bonds. The van der Waals surface area contributed by atoms with Crippen molar-refractivity contribution in [2.75, 3.05) is 14.2 Å². The van der Waals surface area contributed by atoms with Gasteiger partial charge in [0, 0.05) is 59.6 Å². The number of ether oxygens (including phenoxy) is 2. The molecule has 2 N–H and O–H groups in total. The largest absolute Gasteiger partial charge is 0.496 e. The standard InChI is InChI=1S/2C23H27NO4/c2*1-5-6-13-9-15-14-7-8-23(2,3)21(14)24-12-17(22(26)27)19(25)11-18(24)16(15)10-20(13)28-4/h2*9-12,14,21H,5-8H2,1-4H3,(H,26,27)/t2*14-,21+/m10/s1. The number of methoxy groups -OCH3 is 2. The normalized spacial score (nSPS) is 21.6. The zero-order valence-corrected chi connectivity index (χ0v) is 33.8. The van der Waals surface area contributed by atoms with Crippen LogP contribution >= 0.6 is 0 Å². The molecule has 0 unspecified atom stereocenters. The lowest BCUT2D eigenvalue weighted by Crippen LogP contribution is -2.32. The number of rotatable bonds is 8. The van der Waals surface area contributed by atoms with Crippen LogP contribution in [0.4, 0.5) is 0 Å². The van der Waals surface area contributed by atoms with Gasteiger partial charge in [0.25, 0.3) is 0 Å². The molecule has 0 spiro atoms. The molecule has 2 fully saturated rings. The summed E-state index contributed by atoms with van der Waals surface area (Å²) in [5.74, 6) is -0.0646. The highest BCUT2D eigenvalue weighted by Gasteiger charge is 2.49. The van der Waals surface area contributed by atoms with Gasteiger partial charge in [-0.3, -0.25) is 9.59 Å². The quantitative estimate of drug-likeness (QED) is 0.181. The molecule has 296 valence electrons. The highest BCUT2D eigenvalue weighted by atomic mass is 16.5. The lowest BCUT2D eigenvalue weighted by molar-refractivity contribution is 0.0683. The van der Waals surface area contributed by atoms with E-state index in [0.717, 1.165) is 85.4 Å². The Balaban J connectivity index is 0.000000172. The number of pyridine rings is 2. The second kappa shape index (κ2) is 14.4. The van der Waals surface area contributed by atoms with Crippen molar-refractivity contribution in [1.82, 2.24) is 9.13 Å². The summed E-state index contributed by atoms with van der Waals surface area (Å²) < 4.78 is 15.4. The summed E-state index contributed by atoms with van der Waals surface area (Å²) in [6, 6.07) is 11.8. The Morgan fingerprint density at radius 3 is 1.36 bits per heavy atom. The second-order valence-electron chi connectivity index (χ2n) is 17.5. The van der Waals surface area contributed by atoms with Crippen molar-refractivity contribution >= 4 is 11.9 Å². The van der Waals surface area contributed by atoms with E-state index in [9.17, 15) is 29.4 Å². The fraction of sp³-hybridized carbons (Fsp3) is 0.478. The molecule has 2 aliphatic heterocycles. The van der Waals surface area contributed by atoms with Crippen molar-refractivity contribution in [1.29, 1.82) is 0 Å². The van der Waals surface area contributed by atoms with Crippen LogP contribution in [-0.4, -0.2) is 45.5 Å². The number of hydrogen-bond acceptors (Lipinski definition) is 6. The van der Waals surface area contributed by atoms with E-state index in [2.05, 4.69) is 53.7 Å². The SMILES string of the molecule is CCCc1cc2c(cc1OC)-c1cc(=O)c(C(=O)O)cn1[C@@H]1[C@H]2CCC1(C)C.CCCc1cc2c(cc1OC)-c1cc(=O)c(C(=O)O)cn1[C@H]1[C@@H]2CCC1(C)C. The van der Waals surface area contributed by atoms with Gasteiger partial charge in [-0.15, -0.1) is 0 Å². The fourth-order valence-electron chi connectivity index (χ4n) is 10.5. The summed E-state index contributed by atoms with van der Waals surface area (Å²) in [6.45, 7) is 13.3. The summed E-state index contributed by atoms with van der Waals surface area (Å²) in [5, 5.41) is 19.0. The third-order valence-corrected chi connectivity index (χ3v) is 13.1. The van der Waals surface area contributed by atoms with Crippen molar-refractivity contribution in [3.63, 3.8) is 0 Å². The predicted molar refractivity (Wildman–Crippen MR) is 217 cm³/mol. The number of benzene rings is 2. The minimum absolute atomic E-state index is 0.0206. The van der Waals surface area contributed by atoms with Crippen LogP contribution in [0.25, 0.3) is 22.5 Å². The number of aromatic nitrogens is 2. The summed E-state index contributed by atoms with van der Waals surface area (Å²) >= 11 is 0. The third kappa shape index (κ3) is 6.35. The predicted octanol–water partition coefficient (Wildman–Crippen LogP) is 9.27. The lowest BCUT2D eigenvalue weighted by atomic mass is 9.77. The van der Waals surface area contributed by atoms with E-state index >= 15 is 0 Å². The zero-order chi connectivity index (χ0) is 40.4. The van der Waals surface area contributed by atoms with Gasteiger partial charge in [0.1, 0.15) is 22.6 Å². The molecule has 56 heavy (non-hydrogen) atoms. The first-order valence-corrected chi connectivity index (χ1v) is 20.0. The van der Waals surface area contributed by atoms with Gasteiger partial charge in [0.05, 0.1) is 25.6 Å². The molecule has 8 rings (SSSR count). The Morgan fingerprint density at radius 1 is 0.661 bits per heavy atom. The Hall–Kier alpha value is -5.12. The number of carbonyl (C=O) groups is 2. The summed E-state index contributed by atoms with van der Waals surface area (Å²) in [7, 11) is 3.34. The van der Waals surface area contributed by atoms with Crippen LogP contribution in [0.15, 0.2) is 58.4 Å². The van der Waals surface area contributed by atoms with E-state index < -0.39 is 22.8 Å². The summed E-state index contributed by atoms with van der Waals surface area (Å²) in [4.78, 5) is 48.2. The Bertz CT molecular complexity index is 2200. The van der Waals surface area contributed by atoms with Gasteiger partial charge < -0.3 is 28.8 Å². The second-order valence-corrected chi connectivity index (χ2v) is 17.5. The van der Waals surface area contributed by atoms with E-state index in [1.54, 1.807) is 26.6 Å². The molecule has 4 atom stereocenters. The molecule has 2 aromatic carbocycles. The molecule has 0 saturated heterocycles. The Kier molecular flexibility index (Phi) is 10.1. The molecule has 2 aromatic heterocycles. The molecule has 0 bridgehead atoms. The number of hydrogen-bond donors (Lipinski definition) is 2. The molecular weight excluding hydrogens is 709 g/mol. The highest BCUT2D eigenvalue weighted by Crippen LogP contribution is 2.60. The minimum Gasteiger partial charge on any atom is -0.496 e. The zero-order valence-electron chi connectivity index (χ0n) is 33.8. The van der Waals surface area contributed by atoms with E-state index in [1.807, 2.05) is 21.3 Å². The van der Waals surface area contributed by atoms with E-state index in [0.29, 0.717) is 11.8 Å². The van der Waals surface area contributed by atoms with Crippen LogP contribution in [-0.2, 0) is 12.8 Å². The number of aromatic carboxylic acids is 2. The number of fused-ring (bicyclic) bond motifs is 12. The van der Waals surface area contributed by atoms with Crippen molar-refractivity contribution in [2.45, 2.75) is 117 Å². The van der Waals surface area contributed by atoms with E-state index in [1.165, 1.54) is 34.4 Å². The van der Waals surface area contributed by atoms with E-state index in [-0.39, 0.29) is 34.0 Å². The molecule has 4 heterocycles. The Labute approximate surface area is 328 Å². The third-order valence-electron chi connectivity index (χ3n) is 13.1. The minimum atomic E-state index is -1.17. The van der Waals surface area contributed by atoms with Crippen LogP contribution in [0.3, 0.4) is 0 Å². The van der Waals surface area contributed by atoms with Gasteiger partial charge in [-0.05, 0) is 83.7 Å². The van der Waals surface area contributed by atoms with Crippen molar-refractivity contribution in [3.8, 4) is 34.0 Å². The number of nitrogens with zero attached hydrogens (tertiary/aromatic N) is 2. The van der Waals surface area contributed by atoms with Crippen LogP contribution in [0.2, 0.25) is 0 Å². The first kappa shape index (κ1) is 39.1. The smallest absolute Gasteiger partial charge is 0.341 e. The average molecular weight is 763 g/mol. The van der Waals surface area contributed by atoms with Crippen molar-refractivity contribution < 1.29 is 29.3 Å². The monoisotopic (exact) mass is 762 g/mol. The Morgan fingerprint density at radius 2 is 1.04 bits per heavy atom.